The summed E-state index contributed by atoms with van der Waals surface area (Å²) in [6.07, 6.45) is 0.465. The Labute approximate surface area is 128 Å². The standard InChI is InChI=1S/C17H18ClF2N/c1-3-21-16(14-8-7-13(19)9-11(14)2)10-12-5-4-6-15(18)17(12)20/h4-9,16,21H,3,10H2,1-2H3. The van der Waals surface area contributed by atoms with E-state index in [1.807, 2.05) is 13.8 Å². The quantitative estimate of drug-likeness (QED) is 0.835. The molecule has 0 saturated carbocycles. The van der Waals surface area contributed by atoms with Crippen molar-refractivity contribution in [2.24, 2.45) is 0 Å². The van der Waals surface area contributed by atoms with Gasteiger partial charge in [0.2, 0.25) is 0 Å². The first-order valence-corrected chi connectivity index (χ1v) is 7.33. The van der Waals surface area contributed by atoms with E-state index in [0.717, 1.165) is 17.7 Å². The van der Waals surface area contributed by atoms with Gasteiger partial charge in [0.05, 0.1) is 5.02 Å². The lowest BCUT2D eigenvalue weighted by atomic mass is 9.95. The summed E-state index contributed by atoms with van der Waals surface area (Å²) in [5, 5.41) is 3.45. The average molecular weight is 310 g/mol. The summed E-state index contributed by atoms with van der Waals surface area (Å²) in [5.74, 6) is -0.651. The molecule has 2 aromatic rings. The summed E-state index contributed by atoms with van der Waals surface area (Å²) in [6.45, 7) is 4.58. The van der Waals surface area contributed by atoms with Crippen LogP contribution in [-0.4, -0.2) is 6.54 Å². The summed E-state index contributed by atoms with van der Waals surface area (Å²) < 4.78 is 27.3. The number of halogens is 3. The van der Waals surface area contributed by atoms with Crippen molar-refractivity contribution in [1.82, 2.24) is 5.32 Å². The van der Waals surface area contributed by atoms with E-state index in [-0.39, 0.29) is 22.7 Å². The zero-order chi connectivity index (χ0) is 15.4. The van der Waals surface area contributed by atoms with Crippen molar-refractivity contribution in [2.75, 3.05) is 6.54 Å². The zero-order valence-electron chi connectivity index (χ0n) is 12.1. The number of aryl methyl sites for hydroxylation is 1. The molecule has 0 fully saturated rings. The second kappa shape index (κ2) is 7.01. The van der Waals surface area contributed by atoms with Gasteiger partial charge in [0.25, 0.3) is 0 Å². The molecule has 0 radical (unpaired) electrons. The number of likely N-dealkylation sites (N-methyl/N-ethyl adjacent to an activating group) is 1. The van der Waals surface area contributed by atoms with Crippen molar-refractivity contribution in [1.29, 1.82) is 0 Å². The molecule has 0 aliphatic rings. The van der Waals surface area contributed by atoms with Crippen LogP contribution in [0.1, 0.15) is 29.7 Å². The van der Waals surface area contributed by atoms with Crippen molar-refractivity contribution in [3.8, 4) is 0 Å². The maximum absolute atomic E-state index is 14.1. The third-order valence-electron chi connectivity index (χ3n) is 3.51. The highest BCUT2D eigenvalue weighted by atomic mass is 35.5. The van der Waals surface area contributed by atoms with Gasteiger partial charge in [-0.15, -0.1) is 0 Å². The van der Waals surface area contributed by atoms with Gasteiger partial charge in [-0.2, -0.15) is 0 Å². The molecule has 0 heterocycles. The van der Waals surface area contributed by atoms with Crippen LogP contribution < -0.4 is 5.32 Å². The summed E-state index contributed by atoms with van der Waals surface area (Å²) in [6, 6.07) is 9.59. The number of hydrogen-bond acceptors (Lipinski definition) is 1. The number of hydrogen-bond donors (Lipinski definition) is 1. The van der Waals surface area contributed by atoms with Crippen LogP contribution in [0.15, 0.2) is 36.4 Å². The minimum Gasteiger partial charge on any atom is -0.310 e. The lowest BCUT2D eigenvalue weighted by Gasteiger charge is -2.21. The van der Waals surface area contributed by atoms with Crippen molar-refractivity contribution < 1.29 is 8.78 Å². The van der Waals surface area contributed by atoms with Crippen molar-refractivity contribution in [2.45, 2.75) is 26.3 Å². The van der Waals surface area contributed by atoms with Gasteiger partial charge in [0.1, 0.15) is 11.6 Å². The van der Waals surface area contributed by atoms with E-state index < -0.39 is 0 Å². The van der Waals surface area contributed by atoms with E-state index in [0.29, 0.717) is 12.0 Å². The van der Waals surface area contributed by atoms with Crippen LogP contribution in [0, 0.1) is 18.6 Å². The summed E-state index contributed by atoms with van der Waals surface area (Å²) in [4.78, 5) is 0. The van der Waals surface area contributed by atoms with Gasteiger partial charge in [-0.3, -0.25) is 0 Å². The topological polar surface area (TPSA) is 12.0 Å². The molecule has 2 rings (SSSR count). The molecule has 112 valence electrons. The Morgan fingerprint density at radius 2 is 1.95 bits per heavy atom. The van der Waals surface area contributed by atoms with E-state index in [2.05, 4.69) is 5.32 Å². The van der Waals surface area contributed by atoms with Crippen LogP contribution in [0.4, 0.5) is 8.78 Å². The molecule has 0 saturated heterocycles. The molecule has 1 atom stereocenters. The van der Waals surface area contributed by atoms with Gasteiger partial charge in [0.15, 0.2) is 0 Å². The predicted molar refractivity (Wildman–Crippen MR) is 82.7 cm³/mol. The number of rotatable bonds is 5. The third-order valence-corrected chi connectivity index (χ3v) is 3.81. The Balaban J connectivity index is 2.33. The van der Waals surface area contributed by atoms with E-state index in [1.54, 1.807) is 18.2 Å². The largest absolute Gasteiger partial charge is 0.310 e. The van der Waals surface area contributed by atoms with Gasteiger partial charge in [-0.1, -0.05) is 36.7 Å². The normalized spacial score (nSPS) is 12.4. The first-order chi connectivity index (χ1) is 10.0. The van der Waals surface area contributed by atoms with Crippen molar-refractivity contribution in [3.05, 3.63) is 69.7 Å². The SMILES string of the molecule is CCNC(Cc1cccc(Cl)c1F)c1ccc(F)cc1C. The molecule has 0 aromatic heterocycles. The van der Waals surface area contributed by atoms with Crippen LogP contribution >= 0.6 is 11.6 Å². The molecule has 1 unspecified atom stereocenters. The Morgan fingerprint density at radius 3 is 2.62 bits per heavy atom. The minimum atomic E-state index is -0.387. The molecule has 0 aliphatic carbocycles. The highest BCUT2D eigenvalue weighted by Gasteiger charge is 2.17. The van der Waals surface area contributed by atoms with Crippen LogP contribution in [-0.2, 0) is 6.42 Å². The van der Waals surface area contributed by atoms with Gasteiger partial charge in [-0.05, 0) is 54.8 Å². The Bertz CT molecular complexity index is 628. The Morgan fingerprint density at radius 1 is 1.19 bits per heavy atom. The second-order valence-electron chi connectivity index (χ2n) is 5.03. The van der Waals surface area contributed by atoms with E-state index in [9.17, 15) is 8.78 Å². The van der Waals surface area contributed by atoms with E-state index >= 15 is 0 Å². The smallest absolute Gasteiger partial charge is 0.145 e. The fourth-order valence-electron chi connectivity index (χ4n) is 2.49. The zero-order valence-corrected chi connectivity index (χ0v) is 12.8. The Hall–Kier alpha value is -1.45. The maximum Gasteiger partial charge on any atom is 0.145 e. The van der Waals surface area contributed by atoms with Gasteiger partial charge < -0.3 is 5.32 Å². The molecule has 21 heavy (non-hydrogen) atoms. The first kappa shape index (κ1) is 15.9. The molecule has 1 N–H and O–H groups in total. The van der Waals surface area contributed by atoms with E-state index in [4.69, 9.17) is 11.6 Å². The molecule has 2 aromatic carbocycles. The second-order valence-corrected chi connectivity index (χ2v) is 5.44. The van der Waals surface area contributed by atoms with Gasteiger partial charge in [-0.25, -0.2) is 8.78 Å². The third kappa shape index (κ3) is 3.80. The van der Waals surface area contributed by atoms with Crippen LogP contribution in [0.5, 0.6) is 0 Å². The van der Waals surface area contributed by atoms with Crippen LogP contribution in [0.2, 0.25) is 5.02 Å². The summed E-state index contributed by atoms with van der Waals surface area (Å²) >= 11 is 5.83. The molecule has 0 bridgehead atoms. The fraction of sp³-hybridized carbons (Fsp3) is 0.294. The van der Waals surface area contributed by atoms with Crippen LogP contribution in [0.3, 0.4) is 0 Å². The number of benzene rings is 2. The molecule has 0 aliphatic heterocycles. The first-order valence-electron chi connectivity index (χ1n) is 6.95. The lowest BCUT2D eigenvalue weighted by molar-refractivity contribution is 0.524. The monoisotopic (exact) mass is 309 g/mol. The van der Waals surface area contributed by atoms with Gasteiger partial charge in [0, 0.05) is 6.04 Å². The van der Waals surface area contributed by atoms with E-state index in [1.165, 1.54) is 18.2 Å². The molecule has 4 heteroatoms. The summed E-state index contributed by atoms with van der Waals surface area (Å²) in [5.41, 5.74) is 2.37. The number of nitrogens with one attached hydrogen (secondary N) is 1. The lowest BCUT2D eigenvalue weighted by Crippen LogP contribution is -2.24. The molecule has 1 nitrogen and oxygen atoms in total. The molecular formula is C17H18ClF2N. The molecule has 0 spiro atoms. The van der Waals surface area contributed by atoms with Crippen LogP contribution in [0.25, 0.3) is 0 Å². The predicted octanol–water partition coefficient (Wildman–Crippen LogP) is 4.82. The molecule has 0 amide bonds. The van der Waals surface area contributed by atoms with Crippen molar-refractivity contribution >= 4 is 11.6 Å². The minimum absolute atomic E-state index is 0.0800. The molecular weight excluding hydrogens is 292 g/mol. The summed E-state index contributed by atoms with van der Waals surface area (Å²) in [7, 11) is 0. The highest BCUT2D eigenvalue weighted by molar-refractivity contribution is 6.30. The fourth-order valence-corrected chi connectivity index (χ4v) is 2.69. The van der Waals surface area contributed by atoms with Crippen molar-refractivity contribution in [3.63, 3.8) is 0 Å². The highest BCUT2D eigenvalue weighted by Crippen LogP contribution is 2.26. The average Bonchev–Trinajstić information content (AvgIpc) is 2.43. The Kier molecular flexibility index (Phi) is 5.32. The maximum atomic E-state index is 14.1. The van der Waals surface area contributed by atoms with Gasteiger partial charge >= 0.3 is 0 Å².